The van der Waals surface area contributed by atoms with Crippen molar-refractivity contribution in [3.63, 3.8) is 0 Å². The van der Waals surface area contributed by atoms with Crippen LogP contribution in [0.2, 0.25) is 0 Å². The van der Waals surface area contributed by atoms with Crippen LogP contribution >= 0.6 is 0 Å². The lowest BCUT2D eigenvalue weighted by atomic mass is 10.00. The number of carbonyl (C=O) groups is 1. The molecule has 0 aliphatic carbocycles. The quantitative estimate of drug-likeness (QED) is 0.900. The number of fused-ring (bicyclic) bond motifs is 2. The Morgan fingerprint density at radius 1 is 1.38 bits per heavy atom. The van der Waals surface area contributed by atoms with Gasteiger partial charge in [-0.2, -0.15) is 0 Å². The van der Waals surface area contributed by atoms with E-state index in [1.54, 1.807) is 14.2 Å². The zero-order chi connectivity index (χ0) is 14.8. The van der Waals surface area contributed by atoms with Crippen molar-refractivity contribution in [2.45, 2.75) is 25.2 Å². The maximum Gasteiger partial charge on any atom is 0.225 e. The number of nitrogens with one attached hydrogen (secondary N) is 1. The number of likely N-dealkylation sites (tertiary alicyclic amines) is 1. The van der Waals surface area contributed by atoms with Gasteiger partial charge in [0, 0.05) is 26.7 Å². The van der Waals surface area contributed by atoms with Gasteiger partial charge in [-0.25, -0.2) is 0 Å². The molecule has 2 aliphatic rings. The van der Waals surface area contributed by atoms with Crippen LogP contribution in [0.3, 0.4) is 0 Å². The molecule has 2 aliphatic heterocycles. The first-order valence-corrected chi connectivity index (χ1v) is 7.42. The lowest BCUT2D eigenvalue weighted by Crippen LogP contribution is -2.44. The first-order chi connectivity index (χ1) is 10.2. The van der Waals surface area contributed by atoms with Gasteiger partial charge in [0.05, 0.1) is 25.2 Å². The molecule has 1 N–H and O–H groups in total. The molecule has 1 amide bonds. The Hall–Kier alpha value is -1.59. The number of hydrogen-bond donors (Lipinski definition) is 1. The minimum absolute atomic E-state index is 0.000803. The van der Waals surface area contributed by atoms with Crippen LogP contribution in [0.25, 0.3) is 0 Å². The summed E-state index contributed by atoms with van der Waals surface area (Å²) in [5.41, 5.74) is 1.26. The molecule has 0 unspecified atom stereocenters. The van der Waals surface area contributed by atoms with Gasteiger partial charge in [0.15, 0.2) is 0 Å². The number of methoxy groups -OCH3 is 1. The molecule has 0 spiro atoms. The summed E-state index contributed by atoms with van der Waals surface area (Å²) in [5.74, 6) is 0.982. The summed E-state index contributed by atoms with van der Waals surface area (Å²) < 4.78 is 11.1. The van der Waals surface area contributed by atoms with E-state index in [0.717, 1.165) is 31.8 Å². The fourth-order valence-electron chi connectivity index (χ4n) is 3.32. The summed E-state index contributed by atoms with van der Waals surface area (Å²) in [6.45, 7) is 2.61. The summed E-state index contributed by atoms with van der Waals surface area (Å²) in [4.78, 5) is 14.2. The van der Waals surface area contributed by atoms with E-state index in [9.17, 15) is 4.79 Å². The standard InChI is InChI=1S/C16H22N2O3/c1-17-16(19)14-7-13-9-18(10-15(14)21-13)8-11-3-5-12(20-2)6-4-11/h3-6,13-15H,7-10H2,1-2H3,(H,17,19)/t13-,14+,15-/m1/s1. The van der Waals surface area contributed by atoms with Crippen molar-refractivity contribution in [1.29, 1.82) is 0 Å². The molecule has 0 radical (unpaired) electrons. The lowest BCUT2D eigenvalue weighted by molar-refractivity contribution is -0.127. The molecule has 5 nitrogen and oxygen atoms in total. The largest absolute Gasteiger partial charge is 0.497 e. The third-order valence-electron chi connectivity index (χ3n) is 4.38. The van der Waals surface area contributed by atoms with Gasteiger partial charge in [-0.15, -0.1) is 0 Å². The van der Waals surface area contributed by atoms with Crippen molar-refractivity contribution < 1.29 is 14.3 Å². The van der Waals surface area contributed by atoms with Crippen LogP contribution in [-0.2, 0) is 16.1 Å². The highest BCUT2D eigenvalue weighted by atomic mass is 16.5. The second kappa shape index (κ2) is 6.03. The fourth-order valence-corrected chi connectivity index (χ4v) is 3.32. The van der Waals surface area contributed by atoms with Gasteiger partial charge in [0.1, 0.15) is 5.75 Å². The van der Waals surface area contributed by atoms with Gasteiger partial charge >= 0.3 is 0 Å². The van der Waals surface area contributed by atoms with Crippen LogP contribution in [0, 0.1) is 5.92 Å². The Kier molecular flexibility index (Phi) is 4.12. The van der Waals surface area contributed by atoms with Crippen LogP contribution in [0.15, 0.2) is 24.3 Å². The number of carbonyl (C=O) groups excluding carboxylic acids is 1. The van der Waals surface area contributed by atoms with Crippen LogP contribution in [0.4, 0.5) is 0 Å². The van der Waals surface area contributed by atoms with Crippen molar-refractivity contribution >= 4 is 5.91 Å². The van der Waals surface area contributed by atoms with Crippen LogP contribution in [0.1, 0.15) is 12.0 Å². The monoisotopic (exact) mass is 290 g/mol. The molecule has 1 aromatic rings. The predicted molar refractivity (Wildman–Crippen MR) is 79.1 cm³/mol. The molecule has 0 saturated carbocycles. The molecule has 2 fully saturated rings. The van der Waals surface area contributed by atoms with Crippen molar-refractivity contribution in [2.24, 2.45) is 5.92 Å². The van der Waals surface area contributed by atoms with E-state index in [1.165, 1.54) is 5.56 Å². The van der Waals surface area contributed by atoms with E-state index in [0.29, 0.717) is 0 Å². The number of morpholine rings is 1. The Morgan fingerprint density at radius 2 is 2.14 bits per heavy atom. The minimum Gasteiger partial charge on any atom is -0.497 e. The average molecular weight is 290 g/mol. The Morgan fingerprint density at radius 3 is 2.81 bits per heavy atom. The Bertz CT molecular complexity index is 503. The number of amides is 1. The van der Waals surface area contributed by atoms with E-state index in [2.05, 4.69) is 22.3 Å². The maximum atomic E-state index is 11.9. The topological polar surface area (TPSA) is 50.8 Å². The number of nitrogens with zero attached hydrogens (tertiary/aromatic N) is 1. The number of rotatable bonds is 4. The Labute approximate surface area is 125 Å². The summed E-state index contributed by atoms with van der Waals surface area (Å²) in [6.07, 6.45) is 1.05. The van der Waals surface area contributed by atoms with Crippen LogP contribution < -0.4 is 10.1 Å². The number of hydrogen-bond acceptors (Lipinski definition) is 4. The van der Waals surface area contributed by atoms with Crippen LogP contribution in [-0.4, -0.2) is 50.3 Å². The summed E-state index contributed by atoms with van der Waals surface area (Å²) in [6, 6.07) is 8.15. The van der Waals surface area contributed by atoms with Gasteiger partial charge in [-0.05, 0) is 24.1 Å². The average Bonchev–Trinajstić information content (AvgIpc) is 2.82. The summed E-state index contributed by atoms with van der Waals surface area (Å²) in [7, 11) is 3.37. The molecule has 2 saturated heterocycles. The zero-order valence-electron chi connectivity index (χ0n) is 12.5. The number of benzene rings is 1. The first kappa shape index (κ1) is 14.4. The second-order valence-corrected chi connectivity index (χ2v) is 5.80. The van der Waals surface area contributed by atoms with Crippen molar-refractivity contribution in [3.05, 3.63) is 29.8 Å². The van der Waals surface area contributed by atoms with E-state index in [1.807, 2.05) is 12.1 Å². The smallest absolute Gasteiger partial charge is 0.225 e. The van der Waals surface area contributed by atoms with Crippen molar-refractivity contribution in [3.8, 4) is 5.75 Å². The van der Waals surface area contributed by atoms with Gasteiger partial charge in [-0.1, -0.05) is 12.1 Å². The fraction of sp³-hybridized carbons (Fsp3) is 0.562. The molecule has 1 aromatic carbocycles. The van der Waals surface area contributed by atoms with E-state index < -0.39 is 0 Å². The van der Waals surface area contributed by atoms with Crippen molar-refractivity contribution in [1.82, 2.24) is 10.2 Å². The van der Waals surface area contributed by atoms with Crippen molar-refractivity contribution in [2.75, 3.05) is 27.2 Å². The molecule has 2 heterocycles. The van der Waals surface area contributed by atoms with Gasteiger partial charge < -0.3 is 14.8 Å². The second-order valence-electron chi connectivity index (χ2n) is 5.80. The lowest BCUT2D eigenvalue weighted by Gasteiger charge is -2.32. The molecule has 0 aromatic heterocycles. The summed E-state index contributed by atoms with van der Waals surface area (Å²) >= 11 is 0. The first-order valence-electron chi connectivity index (χ1n) is 7.42. The van der Waals surface area contributed by atoms with Crippen LogP contribution in [0.5, 0.6) is 5.75 Å². The molecular weight excluding hydrogens is 268 g/mol. The zero-order valence-corrected chi connectivity index (χ0v) is 12.5. The molecule has 5 heteroatoms. The van der Waals surface area contributed by atoms with E-state index >= 15 is 0 Å². The molecular formula is C16H22N2O3. The van der Waals surface area contributed by atoms with E-state index in [4.69, 9.17) is 9.47 Å². The third kappa shape index (κ3) is 3.04. The Balaban J connectivity index is 1.62. The van der Waals surface area contributed by atoms with Gasteiger partial charge in [0.25, 0.3) is 0 Å². The highest BCUT2D eigenvalue weighted by Crippen LogP contribution is 2.32. The highest BCUT2D eigenvalue weighted by molar-refractivity contribution is 5.79. The third-order valence-corrected chi connectivity index (χ3v) is 4.38. The minimum atomic E-state index is 0.000803. The normalized spacial score (nSPS) is 28.4. The summed E-state index contributed by atoms with van der Waals surface area (Å²) in [5, 5.41) is 2.75. The predicted octanol–water partition coefficient (Wildman–Crippen LogP) is 1.03. The van der Waals surface area contributed by atoms with E-state index in [-0.39, 0.29) is 24.0 Å². The molecule has 3 atom stereocenters. The van der Waals surface area contributed by atoms with Gasteiger partial charge in [-0.3, -0.25) is 9.69 Å². The molecule has 21 heavy (non-hydrogen) atoms. The molecule has 2 bridgehead atoms. The molecule has 114 valence electrons. The maximum absolute atomic E-state index is 11.9. The molecule has 3 rings (SSSR count). The highest BCUT2D eigenvalue weighted by Gasteiger charge is 2.44. The number of ether oxygens (including phenoxy) is 2. The van der Waals surface area contributed by atoms with Gasteiger partial charge in [0.2, 0.25) is 5.91 Å². The SMILES string of the molecule is CNC(=O)[C@H]1C[C@@H]2CN(Cc3ccc(OC)cc3)C[C@H]1O2.